The summed E-state index contributed by atoms with van der Waals surface area (Å²) in [7, 11) is 3.54. The van der Waals surface area contributed by atoms with Crippen LogP contribution in [0.1, 0.15) is 11.1 Å². The Bertz CT molecular complexity index is 1240. The predicted octanol–water partition coefficient (Wildman–Crippen LogP) is 4.49. The number of aromatic amines is 1. The maximum absolute atomic E-state index is 9.09. The van der Waals surface area contributed by atoms with Crippen LogP contribution in [0.3, 0.4) is 0 Å². The molecule has 0 aliphatic heterocycles. The molecular weight excluding hydrogens is 376 g/mol. The van der Waals surface area contributed by atoms with Gasteiger partial charge in [-0.25, -0.2) is 4.98 Å². The fraction of sp³-hybridized carbons (Fsp3) is 0.130. The van der Waals surface area contributed by atoms with Crippen molar-refractivity contribution in [2.45, 2.75) is 6.92 Å². The summed E-state index contributed by atoms with van der Waals surface area (Å²) in [5, 5.41) is 16.5. The van der Waals surface area contributed by atoms with Crippen LogP contribution >= 0.6 is 0 Å². The van der Waals surface area contributed by atoms with Crippen molar-refractivity contribution in [2.24, 2.45) is 0 Å². The topological polar surface area (TPSA) is 90.7 Å². The lowest BCUT2D eigenvalue weighted by Gasteiger charge is -2.16. The van der Waals surface area contributed by atoms with Crippen molar-refractivity contribution in [1.29, 1.82) is 5.26 Å². The quantitative estimate of drug-likeness (QED) is 0.534. The highest BCUT2D eigenvalue weighted by Crippen LogP contribution is 2.30. The van der Waals surface area contributed by atoms with Gasteiger partial charge in [-0.05, 0) is 53.9 Å². The maximum Gasteiger partial charge on any atom is 0.156 e. The van der Waals surface area contributed by atoms with E-state index < -0.39 is 0 Å². The first-order valence-corrected chi connectivity index (χ1v) is 9.36. The van der Waals surface area contributed by atoms with Crippen LogP contribution in [0.25, 0.3) is 22.5 Å². The molecule has 0 aliphatic carbocycles. The van der Waals surface area contributed by atoms with E-state index in [4.69, 9.17) is 10.00 Å². The smallest absolute Gasteiger partial charge is 0.156 e. The van der Waals surface area contributed by atoms with E-state index in [9.17, 15) is 0 Å². The molecule has 0 unspecified atom stereocenters. The van der Waals surface area contributed by atoms with E-state index in [1.165, 1.54) is 0 Å². The van der Waals surface area contributed by atoms with E-state index in [1.807, 2.05) is 61.3 Å². The molecule has 0 saturated carbocycles. The zero-order chi connectivity index (χ0) is 21.1. The van der Waals surface area contributed by atoms with Crippen LogP contribution in [0.2, 0.25) is 0 Å². The van der Waals surface area contributed by atoms with Crippen molar-refractivity contribution < 1.29 is 4.74 Å². The van der Waals surface area contributed by atoms with Gasteiger partial charge < -0.3 is 9.64 Å². The van der Waals surface area contributed by atoms with Crippen LogP contribution < -0.4 is 9.64 Å². The van der Waals surface area contributed by atoms with Crippen molar-refractivity contribution >= 4 is 11.6 Å². The Kier molecular flexibility index (Phi) is 5.14. The minimum atomic E-state index is 0.651. The van der Waals surface area contributed by atoms with Crippen LogP contribution in [0.4, 0.5) is 11.6 Å². The number of aryl methyl sites for hydroxylation is 1. The molecule has 30 heavy (non-hydrogen) atoms. The summed E-state index contributed by atoms with van der Waals surface area (Å²) in [6.07, 6.45) is 3.47. The number of anilines is 2. The number of hydrogen-bond acceptors (Lipinski definition) is 6. The van der Waals surface area contributed by atoms with Crippen LogP contribution in [0.15, 0.2) is 60.9 Å². The second-order valence-electron chi connectivity index (χ2n) is 6.82. The first-order chi connectivity index (χ1) is 14.6. The predicted molar refractivity (Wildman–Crippen MR) is 116 cm³/mol. The molecule has 3 aromatic heterocycles. The zero-order valence-corrected chi connectivity index (χ0v) is 16.9. The molecule has 4 aromatic rings. The summed E-state index contributed by atoms with van der Waals surface area (Å²) < 4.78 is 5.27. The Labute approximate surface area is 174 Å². The van der Waals surface area contributed by atoms with Crippen LogP contribution in [-0.2, 0) is 0 Å². The fourth-order valence-corrected chi connectivity index (χ4v) is 3.24. The SMILES string of the molecule is COc1ccnc(-c2cc(N(C)c3cc(-c4ccc(C#N)cc4C)ccn3)n[nH]2)c1. The summed E-state index contributed by atoms with van der Waals surface area (Å²) in [5.41, 5.74) is 5.32. The van der Waals surface area contributed by atoms with Crippen molar-refractivity contribution in [2.75, 3.05) is 19.1 Å². The number of aromatic nitrogens is 4. The molecule has 148 valence electrons. The van der Waals surface area contributed by atoms with Gasteiger partial charge in [0.05, 0.1) is 30.1 Å². The Balaban J connectivity index is 1.63. The molecule has 0 bridgehead atoms. The third kappa shape index (κ3) is 3.71. The Morgan fingerprint density at radius 2 is 1.83 bits per heavy atom. The molecule has 7 heteroatoms. The second-order valence-corrected chi connectivity index (χ2v) is 6.82. The Morgan fingerprint density at radius 3 is 2.60 bits per heavy atom. The van der Waals surface area contributed by atoms with Crippen molar-refractivity contribution in [3.8, 4) is 34.3 Å². The van der Waals surface area contributed by atoms with Gasteiger partial charge >= 0.3 is 0 Å². The van der Waals surface area contributed by atoms with Crippen LogP contribution in [0.5, 0.6) is 5.75 Å². The Morgan fingerprint density at radius 1 is 1.00 bits per heavy atom. The minimum absolute atomic E-state index is 0.651. The maximum atomic E-state index is 9.09. The van der Waals surface area contributed by atoms with Crippen molar-refractivity contribution in [3.05, 3.63) is 72.1 Å². The molecule has 0 radical (unpaired) electrons. The van der Waals surface area contributed by atoms with E-state index in [2.05, 4.69) is 26.2 Å². The number of hydrogen-bond donors (Lipinski definition) is 1. The molecule has 1 aromatic carbocycles. The van der Waals surface area contributed by atoms with Crippen LogP contribution in [-0.4, -0.2) is 34.3 Å². The van der Waals surface area contributed by atoms with Gasteiger partial charge in [0.2, 0.25) is 0 Å². The second kappa shape index (κ2) is 8.05. The summed E-state index contributed by atoms with van der Waals surface area (Å²) in [5.74, 6) is 2.21. The van der Waals surface area contributed by atoms with Gasteiger partial charge in [-0.3, -0.25) is 10.1 Å². The largest absolute Gasteiger partial charge is 0.497 e. The zero-order valence-electron chi connectivity index (χ0n) is 16.9. The first-order valence-electron chi connectivity index (χ1n) is 9.36. The van der Waals surface area contributed by atoms with Gasteiger partial charge in [-0.15, -0.1) is 0 Å². The number of nitrogens with zero attached hydrogens (tertiary/aromatic N) is 5. The summed E-state index contributed by atoms with van der Waals surface area (Å²) in [6.45, 7) is 2.00. The highest BCUT2D eigenvalue weighted by atomic mass is 16.5. The fourth-order valence-electron chi connectivity index (χ4n) is 3.24. The standard InChI is InChI=1S/C23H20N6O/c1-15-10-16(14-24)4-5-19(15)17-6-8-26-22(11-17)29(2)23-13-21(27-28-23)20-12-18(30-3)7-9-25-20/h4-13H,1-3H3,(H,27,28). The monoisotopic (exact) mass is 396 g/mol. The van der Waals surface area contributed by atoms with E-state index >= 15 is 0 Å². The number of pyridine rings is 2. The summed E-state index contributed by atoms with van der Waals surface area (Å²) in [6, 6.07) is 17.4. The van der Waals surface area contributed by atoms with Gasteiger partial charge in [0.1, 0.15) is 11.6 Å². The number of nitriles is 1. The lowest BCUT2D eigenvalue weighted by atomic mass is 9.99. The molecule has 7 nitrogen and oxygen atoms in total. The third-order valence-electron chi connectivity index (χ3n) is 4.91. The molecule has 0 saturated heterocycles. The van der Waals surface area contributed by atoms with Crippen LogP contribution in [0, 0.1) is 18.3 Å². The average molecular weight is 396 g/mol. The van der Waals surface area contributed by atoms with E-state index in [0.717, 1.165) is 45.5 Å². The van der Waals surface area contributed by atoms with Gasteiger partial charge in [0.25, 0.3) is 0 Å². The molecule has 0 atom stereocenters. The van der Waals surface area contributed by atoms with Gasteiger partial charge in [0.15, 0.2) is 5.82 Å². The highest BCUT2D eigenvalue weighted by Gasteiger charge is 2.13. The number of ether oxygens (including phenoxy) is 1. The molecule has 0 fully saturated rings. The lowest BCUT2D eigenvalue weighted by Crippen LogP contribution is -2.11. The number of benzene rings is 1. The lowest BCUT2D eigenvalue weighted by molar-refractivity contribution is 0.414. The molecule has 0 spiro atoms. The van der Waals surface area contributed by atoms with Gasteiger partial charge in [-0.2, -0.15) is 10.4 Å². The number of rotatable bonds is 5. The first kappa shape index (κ1) is 19.2. The number of nitrogens with one attached hydrogen (secondary N) is 1. The summed E-state index contributed by atoms with van der Waals surface area (Å²) in [4.78, 5) is 10.8. The molecule has 1 N–H and O–H groups in total. The van der Waals surface area contributed by atoms with E-state index in [1.54, 1.807) is 25.6 Å². The van der Waals surface area contributed by atoms with Gasteiger partial charge in [-0.1, -0.05) is 6.07 Å². The van der Waals surface area contributed by atoms with Crippen molar-refractivity contribution in [1.82, 2.24) is 20.2 Å². The third-order valence-corrected chi connectivity index (χ3v) is 4.91. The molecule has 0 amide bonds. The molecular formula is C23H20N6O. The summed E-state index contributed by atoms with van der Waals surface area (Å²) >= 11 is 0. The molecule has 4 rings (SSSR count). The van der Waals surface area contributed by atoms with E-state index in [-0.39, 0.29) is 0 Å². The van der Waals surface area contributed by atoms with Crippen molar-refractivity contribution in [3.63, 3.8) is 0 Å². The number of methoxy groups -OCH3 is 1. The number of H-pyrrole nitrogens is 1. The highest BCUT2D eigenvalue weighted by molar-refractivity contribution is 5.72. The minimum Gasteiger partial charge on any atom is -0.497 e. The normalized spacial score (nSPS) is 10.5. The van der Waals surface area contributed by atoms with E-state index in [0.29, 0.717) is 5.56 Å². The Hall–Kier alpha value is -4.18. The average Bonchev–Trinajstić information content (AvgIpc) is 3.29. The molecule has 0 aliphatic rings. The van der Waals surface area contributed by atoms with Gasteiger partial charge in [0, 0.05) is 31.6 Å². The molecule has 3 heterocycles.